The van der Waals surface area contributed by atoms with E-state index in [0.717, 1.165) is 0 Å². The highest BCUT2D eigenvalue weighted by atomic mass is 16.5. The average Bonchev–Trinajstić information content (AvgIpc) is 1.79. The minimum Gasteiger partial charge on any atom is -0.375 e. The number of hydrogen-bond donors (Lipinski definition) is 2. The van der Waals surface area contributed by atoms with Gasteiger partial charge in [-0.1, -0.05) is 6.07 Å². The van der Waals surface area contributed by atoms with Crippen LogP contribution in [-0.4, -0.2) is 10.4 Å². The topological polar surface area (TPSA) is 61.8 Å². The van der Waals surface area contributed by atoms with Gasteiger partial charge in [0.1, 0.15) is 6.26 Å². The van der Waals surface area contributed by atoms with Gasteiger partial charge in [0.2, 0.25) is 0 Å². The van der Waals surface area contributed by atoms with Crippen LogP contribution in [0.1, 0.15) is 0 Å². The molecule has 1 aromatic heterocycles. The lowest BCUT2D eigenvalue weighted by Gasteiger charge is -1.76. The van der Waals surface area contributed by atoms with Crippen molar-refractivity contribution in [2.45, 2.75) is 0 Å². The molecular formula is C5H6N2O2. The van der Waals surface area contributed by atoms with Crippen LogP contribution in [0.2, 0.25) is 0 Å². The number of nitrogens with one attached hydrogen (secondary N) is 2. The number of aromatic amines is 2. The van der Waals surface area contributed by atoms with Gasteiger partial charge in [-0.2, -0.15) is 5.27 Å². The maximum absolute atomic E-state index is 10.5. The molecule has 1 rings (SSSR count). The van der Waals surface area contributed by atoms with Crippen molar-refractivity contribution >= 4 is 0 Å². The Balaban J connectivity index is 3.24. The van der Waals surface area contributed by atoms with Crippen molar-refractivity contribution in [1.29, 1.82) is 0 Å². The number of aromatic nitrogens is 2. The van der Waals surface area contributed by atoms with E-state index in [1.165, 1.54) is 12.3 Å². The van der Waals surface area contributed by atoms with Crippen LogP contribution in [0.5, 0.6) is 0 Å². The van der Waals surface area contributed by atoms with Crippen molar-refractivity contribution in [3.05, 3.63) is 34.8 Å². The molecule has 0 bridgehead atoms. The number of H-pyrrole nitrogens is 2. The first-order valence-corrected chi connectivity index (χ1v) is 2.43. The predicted molar refractivity (Wildman–Crippen MR) is 31.3 cm³/mol. The van der Waals surface area contributed by atoms with Crippen LogP contribution in [0.15, 0.2) is 33.8 Å². The first kappa shape index (κ1) is 5.68. The van der Waals surface area contributed by atoms with Gasteiger partial charge in [-0.05, 0) is 6.07 Å². The minimum atomic E-state index is -0.237. The highest BCUT2D eigenvalue weighted by Crippen LogP contribution is 1.68. The molecule has 0 radical (unpaired) electrons. The molecule has 0 saturated heterocycles. The molecule has 1 heterocycles. The third kappa shape index (κ3) is 1.85. The Morgan fingerprint density at radius 3 is 3.22 bits per heavy atom. The van der Waals surface area contributed by atoms with E-state index < -0.39 is 0 Å². The monoisotopic (exact) mass is 126 g/mol. The van der Waals surface area contributed by atoms with Crippen molar-refractivity contribution in [3.8, 4) is 0 Å². The van der Waals surface area contributed by atoms with Gasteiger partial charge in [-0.15, -0.1) is 0 Å². The van der Waals surface area contributed by atoms with E-state index in [4.69, 9.17) is 0 Å². The summed E-state index contributed by atoms with van der Waals surface area (Å²) in [6, 6.07) is 4.56. The van der Waals surface area contributed by atoms with Gasteiger partial charge in [0.15, 0.2) is 0 Å². The third-order valence-corrected chi connectivity index (χ3v) is 0.738. The Labute approximate surface area is 50.8 Å². The second-order valence-electron chi connectivity index (χ2n) is 1.40. The van der Waals surface area contributed by atoms with Crippen molar-refractivity contribution in [1.82, 2.24) is 10.4 Å². The smallest absolute Gasteiger partial charge is 0.264 e. The molecule has 2 N–H and O–H groups in total. The van der Waals surface area contributed by atoms with Crippen LogP contribution < -0.4 is 5.56 Å². The lowest BCUT2D eigenvalue weighted by molar-refractivity contribution is 0.364. The lowest BCUT2D eigenvalue weighted by atomic mass is 10.6. The molecule has 0 atom stereocenters. The van der Waals surface area contributed by atoms with Gasteiger partial charge < -0.3 is 4.52 Å². The van der Waals surface area contributed by atoms with Gasteiger partial charge in [0.25, 0.3) is 5.56 Å². The van der Waals surface area contributed by atoms with Crippen LogP contribution in [0, 0.1) is 0 Å². The summed E-state index contributed by atoms with van der Waals surface area (Å²) >= 11 is 0. The zero-order valence-electron chi connectivity index (χ0n) is 4.63. The second kappa shape index (κ2) is 2.76. The Morgan fingerprint density at radius 2 is 2.33 bits per heavy atom. The molecule has 0 aliphatic heterocycles. The maximum Gasteiger partial charge on any atom is 0.264 e. The summed E-state index contributed by atoms with van der Waals surface area (Å²) in [4.78, 5) is 10.5. The predicted octanol–water partition coefficient (Wildman–Crippen LogP) is 0.420. The molecule has 0 spiro atoms. The summed E-state index contributed by atoms with van der Waals surface area (Å²) in [6.07, 6.45) is 1.41. The Morgan fingerprint density at radius 1 is 1.44 bits per heavy atom. The summed E-state index contributed by atoms with van der Waals surface area (Å²) < 4.78 is 4.53. The summed E-state index contributed by atoms with van der Waals surface area (Å²) in [5.41, 5.74) is -0.237. The molecular weight excluding hydrogens is 120 g/mol. The maximum atomic E-state index is 10.5. The van der Waals surface area contributed by atoms with E-state index in [2.05, 4.69) is 14.9 Å². The number of rotatable bonds is 0. The summed E-state index contributed by atoms with van der Waals surface area (Å²) in [6.45, 7) is 0. The average molecular weight is 126 g/mol. The van der Waals surface area contributed by atoms with E-state index in [-0.39, 0.29) is 5.56 Å². The van der Waals surface area contributed by atoms with Gasteiger partial charge >= 0.3 is 0 Å². The van der Waals surface area contributed by atoms with Crippen LogP contribution >= 0.6 is 0 Å². The molecule has 0 aliphatic carbocycles. The fourth-order valence-electron chi connectivity index (χ4n) is 0.383. The molecule has 4 heteroatoms. The standard InChI is InChI=1S/C5H6N2O2/c8-5-3-1-2-4-9-7-6-5/h1-4,7H,(H,6,8). The van der Waals surface area contributed by atoms with E-state index in [1.807, 2.05) is 0 Å². The molecule has 0 aliphatic rings. The molecule has 48 valence electrons. The SMILES string of the molecule is O=c1cccco[nH][nH]1. The van der Waals surface area contributed by atoms with Crippen LogP contribution in [0.3, 0.4) is 0 Å². The van der Waals surface area contributed by atoms with Crippen molar-refractivity contribution in [2.75, 3.05) is 0 Å². The molecule has 4 nitrogen and oxygen atoms in total. The van der Waals surface area contributed by atoms with Gasteiger partial charge in [-0.25, -0.2) is 5.10 Å². The molecule has 0 fully saturated rings. The van der Waals surface area contributed by atoms with Crippen molar-refractivity contribution in [3.63, 3.8) is 0 Å². The van der Waals surface area contributed by atoms with E-state index in [1.54, 1.807) is 12.1 Å². The van der Waals surface area contributed by atoms with Crippen molar-refractivity contribution < 1.29 is 4.52 Å². The minimum absolute atomic E-state index is 0.237. The second-order valence-corrected chi connectivity index (χ2v) is 1.40. The zero-order chi connectivity index (χ0) is 6.53. The quantitative estimate of drug-likeness (QED) is 0.529. The van der Waals surface area contributed by atoms with Gasteiger partial charge in [0.05, 0.1) is 0 Å². The molecule has 0 amide bonds. The van der Waals surface area contributed by atoms with E-state index >= 15 is 0 Å². The Kier molecular flexibility index (Phi) is 1.74. The molecule has 0 saturated carbocycles. The van der Waals surface area contributed by atoms with Crippen LogP contribution in [0.25, 0.3) is 0 Å². The molecule has 0 unspecified atom stereocenters. The highest BCUT2D eigenvalue weighted by Gasteiger charge is 1.68. The van der Waals surface area contributed by atoms with E-state index in [0.29, 0.717) is 0 Å². The first-order chi connectivity index (χ1) is 4.39. The fourth-order valence-corrected chi connectivity index (χ4v) is 0.383. The zero-order valence-corrected chi connectivity index (χ0v) is 4.63. The van der Waals surface area contributed by atoms with Gasteiger partial charge in [-0.3, -0.25) is 4.79 Å². The molecule has 9 heavy (non-hydrogen) atoms. The summed E-state index contributed by atoms with van der Waals surface area (Å²) in [5, 5.41) is 4.43. The molecule has 0 aromatic carbocycles. The number of hydrogen-bond acceptors (Lipinski definition) is 2. The summed E-state index contributed by atoms with van der Waals surface area (Å²) in [5.74, 6) is 0. The first-order valence-electron chi connectivity index (χ1n) is 2.43. The Hall–Kier alpha value is -1.45. The Bertz CT molecular complexity index is 233. The van der Waals surface area contributed by atoms with Crippen molar-refractivity contribution in [2.24, 2.45) is 0 Å². The fraction of sp³-hybridized carbons (Fsp3) is 0. The van der Waals surface area contributed by atoms with E-state index in [9.17, 15) is 4.79 Å². The largest absolute Gasteiger partial charge is 0.375 e. The molecule has 1 aromatic rings. The van der Waals surface area contributed by atoms with Gasteiger partial charge in [0, 0.05) is 6.07 Å². The summed E-state index contributed by atoms with van der Waals surface area (Å²) in [7, 11) is 0. The lowest BCUT2D eigenvalue weighted by Crippen LogP contribution is -2.00. The highest BCUT2D eigenvalue weighted by molar-refractivity contribution is 4.83. The third-order valence-electron chi connectivity index (χ3n) is 0.738. The normalized spacial score (nSPS) is 8.44. The van der Waals surface area contributed by atoms with Crippen LogP contribution in [0.4, 0.5) is 0 Å². The van der Waals surface area contributed by atoms with Crippen LogP contribution in [-0.2, 0) is 0 Å².